The third-order valence-corrected chi connectivity index (χ3v) is 5.88. The van der Waals surface area contributed by atoms with Gasteiger partial charge in [0.05, 0.1) is 6.21 Å². The summed E-state index contributed by atoms with van der Waals surface area (Å²) in [5.41, 5.74) is 5.17. The molecule has 0 unspecified atom stereocenters. The summed E-state index contributed by atoms with van der Waals surface area (Å²) in [6.07, 6.45) is 11.1. The number of piperidine rings is 2. The molecule has 8 heteroatoms. The van der Waals surface area contributed by atoms with Gasteiger partial charge in [0.1, 0.15) is 0 Å². The van der Waals surface area contributed by atoms with E-state index in [-0.39, 0.29) is 0 Å². The van der Waals surface area contributed by atoms with Crippen molar-refractivity contribution in [3.63, 3.8) is 0 Å². The highest BCUT2D eigenvalue weighted by Gasteiger charge is 2.20. The molecule has 0 radical (unpaired) electrons. The fourth-order valence-electron chi connectivity index (χ4n) is 4.23. The van der Waals surface area contributed by atoms with Gasteiger partial charge in [0, 0.05) is 48.8 Å². The number of hydrogen-bond donors (Lipinski definition) is 2. The molecule has 2 aliphatic rings. The fraction of sp³-hybridized carbons (Fsp3) is 0.455. The Morgan fingerprint density at radius 3 is 2.13 bits per heavy atom. The highest BCUT2D eigenvalue weighted by atomic mass is 15.4. The van der Waals surface area contributed by atoms with Gasteiger partial charge in [-0.2, -0.15) is 20.1 Å². The lowest BCUT2D eigenvalue weighted by atomic mass is 10.1. The summed E-state index contributed by atoms with van der Waals surface area (Å²) in [6, 6.07) is 8.19. The summed E-state index contributed by atoms with van der Waals surface area (Å²) >= 11 is 0. The van der Waals surface area contributed by atoms with Crippen molar-refractivity contribution >= 4 is 35.0 Å². The van der Waals surface area contributed by atoms with Gasteiger partial charge < -0.3 is 14.8 Å². The standard InChI is InChI=1S/C22H28N8/c1-5-11-29(12-6-1)21-25-20(26-22(27-21)30-13-7-2-8-14-30)28-24-16-17-15-23-19-10-4-3-9-18(17)19/h3-4,9-10,15-16,23H,1-2,5-8,11-14H2,(H,25,26,27,28). The van der Waals surface area contributed by atoms with Crippen LogP contribution in [0.3, 0.4) is 0 Å². The maximum absolute atomic E-state index is 4.81. The van der Waals surface area contributed by atoms with E-state index in [0.717, 1.165) is 54.5 Å². The predicted molar refractivity (Wildman–Crippen MR) is 121 cm³/mol. The number of nitrogens with one attached hydrogen (secondary N) is 2. The summed E-state index contributed by atoms with van der Waals surface area (Å²) in [6.45, 7) is 4.01. The summed E-state index contributed by atoms with van der Waals surface area (Å²) in [7, 11) is 0. The van der Waals surface area contributed by atoms with Gasteiger partial charge >= 0.3 is 0 Å². The van der Waals surface area contributed by atoms with Crippen LogP contribution in [0.15, 0.2) is 35.6 Å². The van der Waals surface area contributed by atoms with Crippen molar-refractivity contribution in [1.29, 1.82) is 0 Å². The first-order valence-corrected chi connectivity index (χ1v) is 11.0. The maximum atomic E-state index is 4.81. The summed E-state index contributed by atoms with van der Waals surface area (Å²) < 4.78 is 0. The zero-order valence-corrected chi connectivity index (χ0v) is 17.2. The topological polar surface area (TPSA) is 85.3 Å². The van der Waals surface area contributed by atoms with E-state index in [0.29, 0.717) is 5.95 Å². The minimum absolute atomic E-state index is 0.502. The van der Waals surface area contributed by atoms with Gasteiger partial charge in [-0.15, -0.1) is 0 Å². The molecule has 0 saturated carbocycles. The lowest BCUT2D eigenvalue weighted by Gasteiger charge is -2.30. The summed E-state index contributed by atoms with van der Waals surface area (Å²) in [4.78, 5) is 22.0. The Hall–Kier alpha value is -3.16. The molecule has 2 aromatic heterocycles. The van der Waals surface area contributed by atoms with Crippen molar-refractivity contribution in [3.8, 4) is 0 Å². The normalized spacial score (nSPS) is 17.7. The second-order valence-corrected chi connectivity index (χ2v) is 8.01. The average molecular weight is 405 g/mol. The van der Waals surface area contributed by atoms with Crippen LogP contribution in [-0.2, 0) is 0 Å². The van der Waals surface area contributed by atoms with Crippen molar-refractivity contribution in [2.75, 3.05) is 41.4 Å². The third-order valence-electron chi connectivity index (χ3n) is 5.88. The third kappa shape index (κ3) is 4.08. The van der Waals surface area contributed by atoms with E-state index in [1.165, 1.54) is 38.5 Å². The van der Waals surface area contributed by atoms with Crippen molar-refractivity contribution in [3.05, 3.63) is 36.0 Å². The number of benzene rings is 1. The minimum Gasteiger partial charge on any atom is -0.361 e. The van der Waals surface area contributed by atoms with Gasteiger partial charge in [-0.3, -0.25) is 0 Å². The van der Waals surface area contributed by atoms with Crippen molar-refractivity contribution in [2.24, 2.45) is 5.10 Å². The second-order valence-electron chi connectivity index (χ2n) is 8.01. The van der Waals surface area contributed by atoms with E-state index in [2.05, 4.69) is 47.4 Å². The maximum Gasteiger partial charge on any atom is 0.250 e. The van der Waals surface area contributed by atoms with Crippen LogP contribution < -0.4 is 15.2 Å². The van der Waals surface area contributed by atoms with E-state index < -0.39 is 0 Å². The van der Waals surface area contributed by atoms with Crippen molar-refractivity contribution in [2.45, 2.75) is 38.5 Å². The van der Waals surface area contributed by atoms with Crippen molar-refractivity contribution < 1.29 is 0 Å². The van der Waals surface area contributed by atoms with Gasteiger partial charge in [0.15, 0.2) is 0 Å². The van der Waals surface area contributed by atoms with Crippen LogP contribution in [0.25, 0.3) is 10.9 Å². The minimum atomic E-state index is 0.502. The smallest absolute Gasteiger partial charge is 0.250 e. The molecule has 1 aromatic carbocycles. The summed E-state index contributed by atoms with van der Waals surface area (Å²) in [5, 5.41) is 5.56. The predicted octanol–water partition coefficient (Wildman–Crippen LogP) is 3.78. The molecule has 5 rings (SSSR count). The Kier molecular flexibility index (Phi) is 5.46. The van der Waals surface area contributed by atoms with Gasteiger partial charge in [0.25, 0.3) is 0 Å². The monoisotopic (exact) mass is 404 g/mol. The van der Waals surface area contributed by atoms with Crippen LogP contribution in [0.2, 0.25) is 0 Å². The molecule has 4 heterocycles. The number of rotatable bonds is 5. The fourth-order valence-corrected chi connectivity index (χ4v) is 4.23. The number of hydrazone groups is 1. The number of nitrogens with zero attached hydrogens (tertiary/aromatic N) is 6. The highest BCUT2D eigenvalue weighted by molar-refractivity contribution is 5.99. The van der Waals surface area contributed by atoms with Crippen LogP contribution in [-0.4, -0.2) is 52.3 Å². The van der Waals surface area contributed by atoms with E-state index in [4.69, 9.17) is 4.98 Å². The lowest BCUT2D eigenvalue weighted by molar-refractivity contribution is 0.556. The molecule has 0 atom stereocenters. The first-order valence-electron chi connectivity index (χ1n) is 11.0. The molecular weight excluding hydrogens is 376 g/mol. The van der Waals surface area contributed by atoms with Crippen LogP contribution in [0, 0.1) is 0 Å². The molecule has 3 aromatic rings. The number of anilines is 3. The molecule has 30 heavy (non-hydrogen) atoms. The molecule has 2 N–H and O–H groups in total. The molecule has 0 bridgehead atoms. The summed E-state index contributed by atoms with van der Waals surface area (Å²) in [5.74, 6) is 2.02. The van der Waals surface area contributed by atoms with Crippen LogP contribution >= 0.6 is 0 Å². The van der Waals surface area contributed by atoms with Crippen molar-refractivity contribution in [1.82, 2.24) is 19.9 Å². The Balaban J connectivity index is 1.39. The Morgan fingerprint density at radius 2 is 1.47 bits per heavy atom. The number of fused-ring (bicyclic) bond motifs is 1. The average Bonchev–Trinajstić information content (AvgIpc) is 3.23. The van der Waals surface area contributed by atoms with E-state index in [9.17, 15) is 0 Å². The van der Waals surface area contributed by atoms with Gasteiger partial charge in [-0.05, 0) is 44.6 Å². The molecule has 8 nitrogen and oxygen atoms in total. The van der Waals surface area contributed by atoms with E-state index in [1.807, 2.05) is 24.5 Å². The Labute approximate surface area is 176 Å². The lowest BCUT2D eigenvalue weighted by Crippen LogP contribution is -2.34. The Morgan fingerprint density at radius 1 is 0.833 bits per heavy atom. The molecule has 2 aliphatic heterocycles. The first kappa shape index (κ1) is 18.8. The number of hydrogen-bond acceptors (Lipinski definition) is 7. The molecule has 2 saturated heterocycles. The van der Waals surface area contributed by atoms with Crippen LogP contribution in [0.4, 0.5) is 17.8 Å². The van der Waals surface area contributed by atoms with Gasteiger partial charge in [0.2, 0.25) is 17.8 Å². The second kappa shape index (κ2) is 8.69. The number of para-hydroxylation sites is 1. The molecular formula is C22H28N8. The SMILES string of the molecule is C(=NNc1nc(N2CCCCC2)nc(N2CCCCC2)n1)c1c[nH]c2ccccc12. The van der Waals surface area contributed by atoms with Gasteiger partial charge in [-0.1, -0.05) is 18.2 Å². The van der Waals surface area contributed by atoms with Gasteiger partial charge in [-0.25, -0.2) is 5.43 Å². The van der Waals surface area contributed by atoms with Crippen LogP contribution in [0.5, 0.6) is 0 Å². The number of H-pyrrole nitrogens is 1. The zero-order valence-electron chi connectivity index (χ0n) is 17.2. The Bertz CT molecular complexity index is 979. The molecule has 0 spiro atoms. The quantitative estimate of drug-likeness (QED) is 0.497. The largest absolute Gasteiger partial charge is 0.361 e. The molecule has 0 amide bonds. The number of aromatic amines is 1. The van der Waals surface area contributed by atoms with E-state index >= 15 is 0 Å². The van der Waals surface area contributed by atoms with Crippen LogP contribution in [0.1, 0.15) is 44.1 Å². The molecule has 2 fully saturated rings. The number of aromatic nitrogens is 4. The first-order chi connectivity index (χ1) is 14.9. The highest BCUT2D eigenvalue weighted by Crippen LogP contribution is 2.22. The zero-order chi connectivity index (χ0) is 20.2. The van der Waals surface area contributed by atoms with E-state index in [1.54, 1.807) is 0 Å². The molecule has 156 valence electrons. The molecule has 0 aliphatic carbocycles.